The van der Waals surface area contributed by atoms with Crippen LogP contribution in [0, 0.1) is 12.7 Å². The van der Waals surface area contributed by atoms with Crippen molar-refractivity contribution in [2.75, 3.05) is 32.8 Å². The third-order valence-corrected chi connectivity index (χ3v) is 7.24. The zero-order valence-corrected chi connectivity index (χ0v) is 18.4. The molecule has 0 N–H and O–H groups in total. The van der Waals surface area contributed by atoms with Gasteiger partial charge in [-0.15, -0.1) is 0 Å². The lowest BCUT2D eigenvalue weighted by Crippen LogP contribution is -2.39. The predicted molar refractivity (Wildman–Crippen MR) is 111 cm³/mol. The molecule has 2 aromatic rings. The molecular formula is C20H22BrFN2O4S. The second-order valence-corrected chi connectivity index (χ2v) is 9.61. The lowest BCUT2D eigenvalue weighted by molar-refractivity contribution is -0.133. The van der Waals surface area contributed by atoms with E-state index in [2.05, 4.69) is 15.9 Å². The van der Waals surface area contributed by atoms with Gasteiger partial charge in [0.15, 0.2) is 6.61 Å². The van der Waals surface area contributed by atoms with Crippen LogP contribution in [0.4, 0.5) is 4.39 Å². The summed E-state index contributed by atoms with van der Waals surface area (Å²) in [4.78, 5) is 14.4. The van der Waals surface area contributed by atoms with E-state index in [9.17, 15) is 17.6 Å². The second-order valence-electron chi connectivity index (χ2n) is 6.81. The molecule has 1 fully saturated rings. The number of rotatable bonds is 5. The molecule has 0 spiro atoms. The highest BCUT2D eigenvalue weighted by Crippen LogP contribution is 2.25. The molecule has 1 aliphatic rings. The predicted octanol–water partition coefficient (Wildman–Crippen LogP) is 3.20. The molecule has 1 amide bonds. The number of carbonyl (C=O) groups excluding carboxylic acids is 1. The Morgan fingerprint density at radius 2 is 1.83 bits per heavy atom. The van der Waals surface area contributed by atoms with Gasteiger partial charge < -0.3 is 9.64 Å². The molecular weight excluding hydrogens is 463 g/mol. The van der Waals surface area contributed by atoms with Gasteiger partial charge in [0.05, 0.1) is 9.37 Å². The molecule has 2 aromatic carbocycles. The lowest BCUT2D eigenvalue weighted by atomic mass is 10.2. The molecule has 156 valence electrons. The van der Waals surface area contributed by atoms with Gasteiger partial charge in [0.1, 0.15) is 11.6 Å². The molecule has 1 aliphatic heterocycles. The van der Waals surface area contributed by atoms with Crippen molar-refractivity contribution in [3.8, 4) is 5.75 Å². The first-order chi connectivity index (χ1) is 13.8. The van der Waals surface area contributed by atoms with Crippen molar-refractivity contribution >= 4 is 31.9 Å². The van der Waals surface area contributed by atoms with E-state index < -0.39 is 15.8 Å². The van der Waals surface area contributed by atoms with Crippen molar-refractivity contribution in [3.63, 3.8) is 0 Å². The second kappa shape index (κ2) is 9.23. The van der Waals surface area contributed by atoms with Gasteiger partial charge in [-0.1, -0.05) is 17.7 Å². The fraction of sp³-hybridized carbons (Fsp3) is 0.350. The molecule has 9 heteroatoms. The third-order valence-electron chi connectivity index (χ3n) is 4.71. The Balaban J connectivity index is 1.60. The van der Waals surface area contributed by atoms with E-state index >= 15 is 0 Å². The number of sulfonamides is 1. The SMILES string of the molecule is Cc1ccc(S(=O)(=O)N2CCCN(C(=O)COc3ccc(F)cc3Br)CC2)cc1. The van der Waals surface area contributed by atoms with E-state index in [1.54, 1.807) is 29.2 Å². The summed E-state index contributed by atoms with van der Waals surface area (Å²) in [6.45, 7) is 3.02. The Bertz CT molecular complexity index is 982. The van der Waals surface area contributed by atoms with Crippen LogP contribution in [0.5, 0.6) is 5.75 Å². The largest absolute Gasteiger partial charge is 0.483 e. The van der Waals surface area contributed by atoms with Crippen LogP contribution in [0.1, 0.15) is 12.0 Å². The van der Waals surface area contributed by atoms with Crippen LogP contribution in [0.25, 0.3) is 0 Å². The van der Waals surface area contributed by atoms with Crippen LogP contribution in [-0.2, 0) is 14.8 Å². The average Bonchev–Trinajstić information content (AvgIpc) is 2.94. The Labute approximate surface area is 178 Å². The van der Waals surface area contributed by atoms with Crippen LogP contribution < -0.4 is 4.74 Å². The molecule has 0 bridgehead atoms. The molecule has 0 radical (unpaired) electrons. The number of hydrogen-bond acceptors (Lipinski definition) is 4. The van der Waals surface area contributed by atoms with Crippen molar-refractivity contribution in [2.45, 2.75) is 18.2 Å². The minimum Gasteiger partial charge on any atom is -0.483 e. The molecule has 1 heterocycles. The fourth-order valence-corrected chi connectivity index (χ4v) is 5.00. The van der Waals surface area contributed by atoms with Gasteiger partial charge in [-0.25, -0.2) is 12.8 Å². The molecule has 0 saturated carbocycles. The number of benzene rings is 2. The van der Waals surface area contributed by atoms with E-state index in [0.29, 0.717) is 29.7 Å². The smallest absolute Gasteiger partial charge is 0.260 e. The maximum Gasteiger partial charge on any atom is 0.260 e. The molecule has 3 rings (SSSR count). The molecule has 29 heavy (non-hydrogen) atoms. The highest BCUT2D eigenvalue weighted by molar-refractivity contribution is 9.10. The van der Waals surface area contributed by atoms with Crippen molar-refractivity contribution in [3.05, 3.63) is 58.3 Å². The highest BCUT2D eigenvalue weighted by Gasteiger charge is 2.28. The maximum atomic E-state index is 13.1. The zero-order chi connectivity index (χ0) is 21.0. The first-order valence-corrected chi connectivity index (χ1v) is 11.4. The third kappa shape index (κ3) is 5.34. The van der Waals surface area contributed by atoms with Crippen molar-refractivity contribution in [1.29, 1.82) is 0 Å². The number of carbonyl (C=O) groups is 1. The molecule has 0 aromatic heterocycles. The van der Waals surface area contributed by atoms with Crippen molar-refractivity contribution < 1.29 is 22.3 Å². The Kier molecular flexibility index (Phi) is 6.92. The Hall–Kier alpha value is -1.97. The first kappa shape index (κ1) is 21.7. The minimum absolute atomic E-state index is 0.199. The molecule has 0 aliphatic carbocycles. The summed E-state index contributed by atoms with van der Waals surface area (Å²) in [5.41, 5.74) is 0.990. The first-order valence-electron chi connectivity index (χ1n) is 9.20. The molecule has 6 nitrogen and oxygen atoms in total. The zero-order valence-electron chi connectivity index (χ0n) is 16.0. The molecule has 0 unspecified atom stereocenters. The number of ether oxygens (including phenoxy) is 1. The number of aryl methyl sites for hydroxylation is 1. The Morgan fingerprint density at radius 3 is 2.52 bits per heavy atom. The van der Waals surface area contributed by atoms with Gasteiger partial charge in [0.25, 0.3) is 5.91 Å². The van der Waals surface area contributed by atoms with E-state index in [1.165, 1.54) is 22.5 Å². The molecule has 0 atom stereocenters. The summed E-state index contributed by atoms with van der Waals surface area (Å²) < 4.78 is 46.2. The standard InChI is InChI=1S/C20H22BrFN2O4S/c1-15-3-6-17(7-4-15)29(26,27)24-10-2-9-23(11-12-24)20(25)14-28-19-8-5-16(22)13-18(19)21/h3-8,13H,2,9-12,14H2,1H3. The summed E-state index contributed by atoms with van der Waals surface area (Å²) in [5, 5.41) is 0. The van der Waals surface area contributed by atoms with Crippen LogP contribution in [0.15, 0.2) is 51.8 Å². The molecule has 1 saturated heterocycles. The van der Waals surface area contributed by atoms with Gasteiger partial charge in [-0.2, -0.15) is 4.31 Å². The summed E-state index contributed by atoms with van der Waals surface area (Å²) in [7, 11) is -3.59. The topological polar surface area (TPSA) is 66.9 Å². The van der Waals surface area contributed by atoms with Crippen LogP contribution in [-0.4, -0.2) is 56.3 Å². The van der Waals surface area contributed by atoms with E-state index in [-0.39, 0.29) is 30.5 Å². The van der Waals surface area contributed by atoms with Gasteiger partial charge in [-0.3, -0.25) is 4.79 Å². The fourth-order valence-electron chi connectivity index (χ4n) is 3.07. The summed E-state index contributed by atoms with van der Waals surface area (Å²) in [5.74, 6) is -0.271. The van der Waals surface area contributed by atoms with E-state index in [0.717, 1.165) is 5.56 Å². The number of halogens is 2. The van der Waals surface area contributed by atoms with Crippen LogP contribution in [0.2, 0.25) is 0 Å². The van der Waals surface area contributed by atoms with Gasteiger partial charge in [0, 0.05) is 26.2 Å². The van der Waals surface area contributed by atoms with Crippen LogP contribution in [0.3, 0.4) is 0 Å². The minimum atomic E-state index is -3.59. The number of nitrogens with zero attached hydrogens (tertiary/aromatic N) is 2. The normalized spacial score (nSPS) is 15.8. The number of hydrogen-bond donors (Lipinski definition) is 0. The van der Waals surface area contributed by atoms with E-state index in [4.69, 9.17) is 4.74 Å². The van der Waals surface area contributed by atoms with Gasteiger partial charge in [-0.05, 0) is 59.6 Å². The van der Waals surface area contributed by atoms with E-state index in [1.807, 2.05) is 6.92 Å². The summed E-state index contributed by atoms with van der Waals surface area (Å²) in [6.07, 6.45) is 0.539. The monoisotopic (exact) mass is 484 g/mol. The van der Waals surface area contributed by atoms with Crippen molar-refractivity contribution in [1.82, 2.24) is 9.21 Å². The summed E-state index contributed by atoms with van der Waals surface area (Å²) >= 11 is 3.20. The average molecular weight is 485 g/mol. The Morgan fingerprint density at radius 1 is 1.10 bits per heavy atom. The van der Waals surface area contributed by atoms with Gasteiger partial charge >= 0.3 is 0 Å². The summed E-state index contributed by atoms with van der Waals surface area (Å²) in [6, 6.07) is 10.7. The quantitative estimate of drug-likeness (QED) is 0.653. The van der Waals surface area contributed by atoms with Gasteiger partial charge in [0.2, 0.25) is 10.0 Å². The van der Waals surface area contributed by atoms with Crippen LogP contribution >= 0.6 is 15.9 Å². The highest BCUT2D eigenvalue weighted by atomic mass is 79.9. The lowest BCUT2D eigenvalue weighted by Gasteiger charge is -2.22. The van der Waals surface area contributed by atoms with Crippen molar-refractivity contribution in [2.24, 2.45) is 0 Å². The maximum absolute atomic E-state index is 13.1. The number of amides is 1.